The second kappa shape index (κ2) is 5.80. The summed E-state index contributed by atoms with van der Waals surface area (Å²) in [6.45, 7) is 4.57. The Hall–Kier alpha value is -1.64. The smallest absolute Gasteiger partial charge is 0.241 e. The Morgan fingerprint density at radius 3 is 2.72 bits per heavy atom. The fourth-order valence-corrected chi connectivity index (χ4v) is 1.61. The SMILES string of the molecule is CC(C)CNC(=O)Cn1cc(NS(C)(=O)=O)nn1. The van der Waals surface area contributed by atoms with Gasteiger partial charge in [-0.25, -0.2) is 13.1 Å². The molecule has 0 aliphatic carbocycles. The van der Waals surface area contributed by atoms with Crippen LogP contribution in [0.25, 0.3) is 0 Å². The quantitative estimate of drug-likeness (QED) is 0.722. The number of hydrogen-bond donors (Lipinski definition) is 2. The molecule has 0 aliphatic rings. The van der Waals surface area contributed by atoms with Crippen LogP contribution in [0.3, 0.4) is 0 Å². The highest BCUT2D eigenvalue weighted by atomic mass is 32.2. The van der Waals surface area contributed by atoms with Crippen molar-refractivity contribution in [1.29, 1.82) is 0 Å². The molecule has 0 aliphatic heterocycles. The first-order valence-electron chi connectivity index (χ1n) is 5.41. The molecular weight excluding hydrogens is 258 g/mol. The predicted molar refractivity (Wildman–Crippen MR) is 66.3 cm³/mol. The van der Waals surface area contributed by atoms with Gasteiger partial charge in [-0.05, 0) is 5.92 Å². The van der Waals surface area contributed by atoms with E-state index in [1.807, 2.05) is 13.8 Å². The van der Waals surface area contributed by atoms with E-state index in [4.69, 9.17) is 0 Å². The molecule has 0 aromatic carbocycles. The Labute approximate surface area is 106 Å². The van der Waals surface area contributed by atoms with Crippen molar-refractivity contribution in [1.82, 2.24) is 20.3 Å². The number of anilines is 1. The third-order valence-corrected chi connectivity index (χ3v) is 2.42. The summed E-state index contributed by atoms with van der Waals surface area (Å²) in [5.74, 6) is 0.265. The van der Waals surface area contributed by atoms with E-state index in [1.54, 1.807) is 0 Å². The molecule has 8 nitrogen and oxygen atoms in total. The van der Waals surface area contributed by atoms with Crippen molar-refractivity contribution in [2.75, 3.05) is 17.5 Å². The molecule has 0 spiro atoms. The molecule has 0 saturated carbocycles. The van der Waals surface area contributed by atoms with Crippen LogP contribution in [-0.4, -0.2) is 42.1 Å². The molecular formula is C9H17N5O3S. The Kier molecular flexibility index (Phi) is 4.65. The van der Waals surface area contributed by atoms with E-state index in [9.17, 15) is 13.2 Å². The highest BCUT2D eigenvalue weighted by Gasteiger charge is 2.09. The molecule has 18 heavy (non-hydrogen) atoms. The summed E-state index contributed by atoms with van der Waals surface area (Å²) in [4.78, 5) is 11.5. The third kappa shape index (κ3) is 5.62. The van der Waals surface area contributed by atoms with Gasteiger partial charge >= 0.3 is 0 Å². The van der Waals surface area contributed by atoms with Crippen molar-refractivity contribution in [3.63, 3.8) is 0 Å². The zero-order valence-electron chi connectivity index (χ0n) is 10.5. The standard InChI is InChI=1S/C9H17N5O3S/c1-7(2)4-10-9(15)6-14-5-8(11-13-14)12-18(3,16)17/h5,7,12H,4,6H2,1-3H3,(H,10,15). The fraction of sp³-hybridized carbons (Fsp3) is 0.667. The van der Waals surface area contributed by atoms with E-state index < -0.39 is 10.0 Å². The number of hydrogen-bond acceptors (Lipinski definition) is 5. The van der Waals surface area contributed by atoms with Gasteiger partial charge in [0.2, 0.25) is 15.9 Å². The fourth-order valence-electron chi connectivity index (χ4n) is 1.13. The van der Waals surface area contributed by atoms with Gasteiger partial charge < -0.3 is 5.32 Å². The number of amides is 1. The lowest BCUT2D eigenvalue weighted by Crippen LogP contribution is -2.30. The largest absolute Gasteiger partial charge is 0.354 e. The molecule has 0 fully saturated rings. The number of nitrogens with one attached hydrogen (secondary N) is 2. The second-order valence-corrected chi connectivity index (χ2v) is 6.12. The molecule has 102 valence electrons. The van der Waals surface area contributed by atoms with Crippen LogP contribution in [-0.2, 0) is 21.4 Å². The molecule has 0 bridgehead atoms. The summed E-state index contributed by atoms with van der Waals surface area (Å²) >= 11 is 0. The van der Waals surface area contributed by atoms with Crippen LogP contribution in [0.2, 0.25) is 0 Å². The zero-order valence-corrected chi connectivity index (χ0v) is 11.4. The lowest BCUT2D eigenvalue weighted by Gasteiger charge is -2.06. The Balaban J connectivity index is 2.51. The van der Waals surface area contributed by atoms with Crippen LogP contribution in [0.4, 0.5) is 5.82 Å². The third-order valence-electron chi connectivity index (χ3n) is 1.84. The van der Waals surface area contributed by atoms with Crippen LogP contribution in [0.15, 0.2) is 6.20 Å². The molecule has 1 aromatic heterocycles. The maximum atomic E-state index is 11.5. The van der Waals surface area contributed by atoms with Crippen molar-refractivity contribution in [2.24, 2.45) is 5.92 Å². The summed E-state index contributed by atoms with van der Waals surface area (Å²) in [5.41, 5.74) is 0. The first-order chi connectivity index (χ1) is 8.26. The van der Waals surface area contributed by atoms with Crippen molar-refractivity contribution in [2.45, 2.75) is 20.4 Å². The predicted octanol–water partition coefficient (Wildman–Crippen LogP) is -0.578. The molecule has 2 N–H and O–H groups in total. The molecule has 0 atom stereocenters. The molecule has 0 saturated heterocycles. The summed E-state index contributed by atoms with van der Waals surface area (Å²) < 4.78 is 25.3. The molecule has 1 heterocycles. The summed E-state index contributed by atoms with van der Waals surface area (Å²) in [6, 6.07) is 0. The zero-order chi connectivity index (χ0) is 13.8. The van der Waals surface area contributed by atoms with E-state index in [0.29, 0.717) is 12.5 Å². The lowest BCUT2D eigenvalue weighted by molar-refractivity contribution is -0.122. The van der Waals surface area contributed by atoms with Gasteiger partial charge in [0.25, 0.3) is 0 Å². The Morgan fingerprint density at radius 2 is 2.17 bits per heavy atom. The van der Waals surface area contributed by atoms with Gasteiger partial charge in [-0.2, -0.15) is 0 Å². The second-order valence-electron chi connectivity index (χ2n) is 4.37. The van der Waals surface area contributed by atoms with Gasteiger partial charge in [-0.15, -0.1) is 5.10 Å². The average Bonchev–Trinajstić information content (AvgIpc) is 2.59. The highest BCUT2D eigenvalue weighted by Crippen LogP contribution is 2.01. The van der Waals surface area contributed by atoms with Gasteiger partial charge in [0, 0.05) is 6.54 Å². The van der Waals surface area contributed by atoms with Gasteiger partial charge in [0.05, 0.1) is 12.5 Å². The van der Waals surface area contributed by atoms with Gasteiger partial charge in [0.15, 0.2) is 5.82 Å². The number of rotatable bonds is 6. The van der Waals surface area contributed by atoms with Crippen LogP contribution in [0.5, 0.6) is 0 Å². The molecule has 1 amide bonds. The first kappa shape index (κ1) is 14.4. The number of aromatic nitrogens is 3. The van der Waals surface area contributed by atoms with Gasteiger partial charge in [0.1, 0.15) is 6.54 Å². The van der Waals surface area contributed by atoms with E-state index in [2.05, 4.69) is 20.4 Å². The monoisotopic (exact) mass is 275 g/mol. The number of carbonyl (C=O) groups is 1. The van der Waals surface area contributed by atoms with Crippen molar-refractivity contribution in [3.05, 3.63) is 6.20 Å². The normalized spacial score (nSPS) is 11.6. The highest BCUT2D eigenvalue weighted by molar-refractivity contribution is 7.92. The number of carbonyl (C=O) groups excluding carboxylic acids is 1. The average molecular weight is 275 g/mol. The summed E-state index contributed by atoms with van der Waals surface area (Å²) in [6.07, 6.45) is 2.37. The number of nitrogens with zero attached hydrogens (tertiary/aromatic N) is 3. The van der Waals surface area contributed by atoms with Crippen molar-refractivity contribution in [3.8, 4) is 0 Å². The minimum absolute atomic E-state index is 0.00512. The maximum absolute atomic E-state index is 11.5. The topological polar surface area (TPSA) is 106 Å². The molecule has 0 unspecified atom stereocenters. The van der Waals surface area contributed by atoms with E-state index in [1.165, 1.54) is 10.9 Å². The van der Waals surface area contributed by atoms with Gasteiger partial charge in [-0.1, -0.05) is 19.1 Å². The minimum Gasteiger partial charge on any atom is -0.354 e. The first-order valence-corrected chi connectivity index (χ1v) is 7.30. The minimum atomic E-state index is -3.38. The molecule has 0 radical (unpaired) electrons. The Bertz CT molecular complexity index is 508. The molecule has 9 heteroatoms. The van der Waals surface area contributed by atoms with Crippen molar-refractivity contribution >= 4 is 21.7 Å². The summed E-state index contributed by atoms with van der Waals surface area (Å²) in [5, 5.41) is 9.96. The van der Waals surface area contributed by atoms with E-state index in [-0.39, 0.29) is 18.3 Å². The number of sulfonamides is 1. The Morgan fingerprint density at radius 1 is 1.50 bits per heavy atom. The van der Waals surface area contributed by atoms with E-state index in [0.717, 1.165) is 6.26 Å². The van der Waals surface area contributed by atoms with Crippen LogP contribution >= 0.6 is 0 Å². The van der Waals surface area contributed by atoms with Crippen LogP contribution in [0, 0.1) is 5.92 Å². The summed E-state index contributed by atoms with van der Waals surface area (Å²) in [7, 11) is -3.38. The molecule has 1 aromatic rings. The van der Waals surface area contributed by atoms with E-state index >= 15 is 0 Å². The molecule has 1 rings (SSSR count). The van der Waals surface area contributed by atoms with Crippen LogP contribution < -0.4 is 10.0 Å². The lowest BCUT2D eigenvalue weighted by atomic mass is 10.2. The van der Waals surface area contributed by atoms with Crippen molar-refractivity contribution < 1.29 is 13.2 Å². The van der Waals surface area contributed by atoms with Crippen LogP contribution in [0.1, 0.15) is 13.8 Å². The van der Waals surface area contributed by atoms with Gasteiger partial charge in [-0.3, -0.25) is 9.52 Å². The maximum Gasteiger partial charge on any atom is 0.241 e.